The molecule has 1 aliphatic carbocycles. The van der Waals surface area contributed by atoms with Crippen molar-refractivity contribution in [3.63, 3.8) is 0 Å². The summed E-state index contributed by atoms with van der Waals surface area (Å²) in [7, 11) is 0. The molecule has 1 aromatic rings. The fraction of sp³-hybridized carbons (Fsp3) is 0.579. The van der Waals surface area contributed by atoms with Crippen molar-refractivity contribution in [2.24, 2.45) is 0 Å². The molecule has 0 aromatic heterocycles. The number of hydrogen-bond donors (Lipinski definition) is 3. The van der Waals surface area contributed by atoms with E-state index in [0.717, 1.165) is 36.1 Å². The molecule has 142 valence electrons. The molecule has 1 atom stereocenters. The highest BCUT2D eigenvalue weighted by Crippen LogP contribution is 2.28. The first kappa shape index (κ1) is 18.5. The van der Waals surface area contributed by atoms with Gasteiger partial charge in [0.05, 0.1) is 12.6 Å². The van der Waals surface area contributed by atoms with Gasteiger partial charge in [-0.2, -0.15) is 0 Å². The molecular formula is C19H27N3O4. The fourth-order valence-electron chi connectivity index (χ4n) is 3.77. The minimum atomic E-state index is -0.811. The van der Waals surface area contributed by atoms with Gasteiger partial charge < -0.3 is 20.5 Å². The highest BCUT2D eigenvalue weighted by molar-refractivity contribution is 5.75. The van der Waals surface area contributed by atoms with Crippen molar-refractivity contribution in [3.05, 3.63) is 29.3 Å². The predicted octanol–water partition coefficient (Wildman–Crippen LogP) is 1.54. The smallest absolute Gasteiger partial charge is 0.317 e. The number of aryl methyl sites for hydroxylation is 1. The Hall–Kier alpha value is -2.28. The van der Waals surface area contributed by atoms with Gasteiger partial charge in [0.25, 0.3) is 0 Å². The van der Waals surface area contributed by atoms with E-state index in [1.54, 1.807) is 0 Å². The SMILES string of the molecule is CCN(CC(=O)O)C1CC(NC(=O)NC2COc3c(C)cccc3C2)C1. The van der Waals surface area contributed by atoms with Crippen molar-refractivity contribution in [3.8, 4) is 5.75 Å². The zero-order valence-electron chi connectivity index (χ0n) is 15.3. The van der Waals surface area contributed by atoms with Crippen molar-refractivity contribution in [2.45, 2.75) is 51.2 Å². The van der Waals surface area contributed by atoms with Gasteiger partial charge in [-0.3, -0.25) is 9.69 Å². The Morgan fingerprint density at radius 2 is 2.00 bits per heavy atom. The number of carbonyl (C=O) groups is 2. The third-order valence-electron chi connectivity index (χ3n) is 5.23. The van der Waals surface area contributed by atoms with E-state index in [4.69, 9.17) is 9.84 Å². The van der Waals surface area contributed by atoms with Crippen molar-refractivity contribution in [2.75, 3.05) is 19.7 Å². The lowest BCUT2D eigenvalue weighted by atomic mass is 9.85. The number of rotatable bonds is 6. The summed E-state index contributed by atoms with van der Waals surface area (Å²) < 4.78 is 5.81. The molecule has 1 aromatic carbocycles. The molecule has 1 fully saturated rings. The Labute approximate surface area is 153 Å². The molecule has 1 unspecified atom stereocenters. The van der Waals surface area contributed by atoms with E-state index in [2.05, 4.69) is 10.6 Å². The monoisotopic (exact) mass is 361 g/mol. The summed E-state index contributed by atoms with van der Waals surface area (Å²) >= 11 is 0. The molecule has 7 heteroatoms. The standard InChI is InChI=1S/C19H27N3O4/c1-3-22(10-17(23)24)16-8-14(9-16)20-19(25)21-15-7-13-6-4-5-12(2)18(13)26-11-15/h4-6,14-16H,3,7-11H2,1-2H3,(H,23,24)(H2,20,21,25). The summed E-state index contributed by atoms with van der Waals surface area (Å²) in [5.74, 6) is 0.125. The van der Waals surface area contributed by atoms with Gasteiger partial charge in [-0.1, -0.05) is 25.1 Å². The van der Waals surface area contributed by atoms with Crippen LogP contribution in [0.3, 0.4) is 0 Å². The van der Waals surface area contributed by atoms with Gasteiger partial charge in [-0.15, -0.1) is 0 Å². The van der Waals surface area contributed by atoms with Crippen LogP contribution in [0.15, 0.2) is 18.2 Å². The van der Waals surface area contributed by atoms with Crippen LogP contribution < -0.4 is 15.4 Å². The predicted molar refractivity (Wildman–Crippen MR) is 97.5 cm³/mol. The number of hydrogen-bond acceptors (Lipinski definition) is 4. The summed E-state index contributed by atoms with van der Waals surface area (Å²) in [5, 5.41) is 14.9. The number of benzene rings is 1. The fourth-order valence-corrected chi connectivity index (χ4v) is 3.77. The van der Waals surface area contributed by atoms with E-state index in [0.29, 0.717) is 13.2 Å². The average Bonchev–Trinajstić information content (AvgIpc) is 2.56. The van der Waals surface area contributed by atoms with Crippen molar-refractivity contribution < 1.29 is 19.4 Å². The lowest BCUT2D eigenvalue weighted by Gasteiger charge is -2.42. The summed E-state index contributed by atoms with van der Waals surface area (Å²) in [6.07, 6.45) is 2.34. The molecule has 3 rings (SSSR count). The first-order chi connectivity index (χ1) is 12.5. The van der Waals surface area contributed by atoms with E-state index in [-0.39, 0.29) is 30.7 Å². The van der Waals surface area contributed by atoms with Gasteiger partial charge in [0.2, 0.25) is 0 Å². The maximum absolute atomic E-state index is 12.2. The van der Waals surface area contributed by atoms with E-state index in [9.17, 15) is 9.59 Å². The maximum Gasteiger partial charge on any atom is 0.317 e. The zero-order chi connectivity index (χ0) is 18.7. The minimum Gasteiger partial charge on any atom is -0.491 e. The topological polar surface area (TPSA) is 90.9 Å². The Morgan fingerprint density at radius 3 is 2.69 bits per heavy atom. The van der Waals surface area contributed by atoms with E-state index in [1.807, 2.05) is 36.9 Å². The van der Waals surface area contributed by atoms with Crippen LogP contribution in [0.2, 0.25) is 0 Å². The number of amides is 2. The van der Waals surface area contributed by atoms with Crippen LogP contribution in [0, 0.1) is 6.92 Å². The number of carboxylic acids is 1. The highest BCUT2D eigenvalue weighted by Gasteiger charge is 2.35. The van der Waals surface area contributed by atoms with Gasteiger partial charge >= 0.3 is 12.0 Å². The number of fused-ring (bicyclic) bond motifs is 1. The second-order valence-corrected chi connectivity index (χ2v) is 7.17. The molecule has 0 spiro atoms. The van der Waals surface area contributed by atoms with E-state index < -0.39 is 5.97 Å². The number of aliphatic carboxylic acids is 1. The molecule has 3 N–H and O–H groups in total. The number of para-hydroxylation sites is 1. The summed E-state index contributed by atoms with van der Waals surface area (Å²) in [4.78, 5) is 25.0. The Morgan fingerprint density at radius 1 is 1.27 bits per heavy atom. The number of urea groups is 1. The van der Waals surface area contributed by atoms with Crippen LogP contribution in [0.25, 0.3) is 0 Å². The zero-order valence-corrected chi connectivity index (χ0v) is 15.3. The van der Waals surface area contributed by atoms with Crippen molar-refractivity contribution >= 4 is 12.0 Å². The normalized spacial score (nSPS) is 24.2. The van der Waals surface area contributed by atoms with Gasteiger partial charge in [0, 0.05) is 12.1 Å². The minimum absolute atomic E-state index is 0.0423. The molecule has 1 saturated carbocycles. The first-order valence-corrected chi connectivity index (χ1v) is 9.20. The summed E-state index contributed by atoms with van der Waals surface area (Å²) in [6, 6.07) is 6.17. The molecule has 2 aliphatic rings. The molecule has 1 heterocycles. The molecule has 0 radical (unpaired) electrons. The lowest BCUT2D eigenvalue weighted by Crippen LogP contribution is -2.57. The lowest BCUT2D eigenvalue weighted by molar-refractivity contribution is -0.139. The number of likely N-dealkylation sites (N-methyl/N-ethyl adjacent to an activating group) is 1. The molecule has 0 saturated heterocycles. The molecular weight excluding hydrogens is 334 g/mol. The largest absolute Gasteiger partial charge is 0.491 e. The quantitative estimate of drug-likeness (QED) is 0.715. The van der Waals surface area contributed by atoms with E-state index >= 15 is 0 Å². The molecule has 0 bridgehead atoms. The van der Waals surface area contributed by atoms with Gasteiger partial charge in [0.15, 0.2) is 0 Å². The van der Waals surface area contributed by atoms with Gasteiger partial charge in [-0.25, -0.2) is 4.79 Å². The highest BCUT2D eigenvalue weighted by atomic mass is 16.5. The van der Waals surface area contributed by atoms with Crippen LogP contribution >= 0.6 is 0 Å². The first-order valence-electron chi connectivity index (χ1n) is 9.20. The summed E-state index contributed by atoms with van der Waals surface area (Å²) in [5.41, 5.74) is 2.24. The van der Waals surface area contributed by atoms with E-state index in [1.165, 1.54) is 0 Å². The number of carbonyl (C=O) groups excluding carboxylic acids is 1. The molecule has 2 amide bonds. The number of carboxylic acid groups (broad SMARTS) is 1. The van der Waals surface area contributed by atoms with Crippen molar-refractivity contribution in [1.29, 1.82) is 0 Å². The second-order valence-electron chi connectivity index (χ2n) is 7.17. The molecule has 1 aliphatic heterocycles. The third-order valence-corrected chi connectivity index (χ3v) is 5.23. The van der Waals surface area contributed by atoms with Crippen LogP contribution in [0.4, 0.5) is 4.79 Å². The maximum atomic E-state index is 12.2. The Bertz CT molecular complexity index is 673. The third kappa shape index (κ3) is 4.27. The molecule has 7 nitrogen and oxygen atoms in total. The molecule has 26 heavy (non-hydrogen) atoms. The van der Waals surface area contributed by atoms with Gasteiger partial charge in [0.1, 0.15) is 12.4 Å². The van der Waals surface area contributed by atoms with Crippen LogP contribution in [-0.4, -0.2) is 59.8 Å². The number of ether oxygens (including phenoxy) is 1. The van der Waals surface area contributed by atoms with Crippen LogP contribution in [0.5, 0.6) is 5.75 Å². The summed E-state index contributed by atoms with van der Waals surface area (Å²) in [6.45, 7) is 5.21. The number of nitrogens with one attached hydrogen (secondary N) is 2. The van der Waals surface area contributed by atoms with Gasteiger partial charge in [-0.05, 0) is 43.9 Å². The van der Waals surface area contributed by atoms with Crippen LogP contribution in [-0.2, 0) is 11.2 Å². The average molecular weight is 361 g/mol. The van der Waals surface area contributed by atoms with Crippen molar-refractivity contribution in [1.82, 2.24) is 15.5 Å². The number of nitrogens with zero attached hydrogens (tertiary/aromatic N) is 1. The Kier molecular flexibility index (Phi) is 5.66. The van der Waals surface area contributed by atoms with Crippen LogP contribution in [0.1, 0.15) is 30.9 Å². The Balaban J connectivity index is 1.43. The second kappa shape index (κ2) is 7.95.